The topological polar surface area (TPSA) is 38.0 Å². The standard InChI is InChI=1S/C12H17F3N2/c1-7(2)6-17-11(5-16)8-3-9(13)12(15)10(14)4-8/h3-4,7,11,17H,5-6,16H2,1-2H3. The second-order valence-electron chi connectivity index (χ2n) is 4.39. The highest BCUT2D eigenvalue weighted by atomic mass is 19.2. The molecule has 1 aromatic rings. The number of nitrogens with two attached hydrogens (primary N) is 1. The summed E-state index contributed by atoms with van der Waals surface area (Å²) in [5, 5.41) is 3.08. The molecule has 1 rings (SSSR count). The molecule has 0 aliphatic carbocycles. The summed E-state index contributed by atoms with van der Waals surface area (Å²) >= 11 is 0. The first-order valence-corrected chi connectivity index (χ1v) is 5.53. The van der Waals surface area contributed by atoms with Crippen LogP contribution in [0.1, 0.15) is 25.5 Å². The van der Waals surface area contributed by atoms with Crippen LogP contribution in [0.2, 0.25) is 0 Å². The molecule has 0 spiro atoms. The van der Waals surface area contributed by atoms with Crippen molar-refractivity contribution in [3.8, 4) is 0 Å². The summed E-state index contributed by atoms with van der Waals surface area (Å²) < 4.78 is 38.9. The fraction of sp³-hybridized carbons (Fsp3) is 0.500. The summed E-state index contributed by atoms with van der Waals surface area (Å²) in [6.45, 7) is 4.87. The minimum Gasteiger partial charge on any atom is -0.329 e. The highest BCUT2D eigenvalue weighted by molar-refractivity contribution is 5.23. The summed E-state index contributed by atoms with van der Waals surface area (Å²) in [4.78, 5) is 0. The van der Waals surface area contributed by atoms with E-state index in [4.69, 9.17) is 5.73 Å². The predicted octanol–water partition coefficient (Wildman–Crippen LogP) is 2.35. The van der Waals surface area contributed by atoms with E-state index in [1.165, 1.54) is 0 Å². The highest BCUT2D eigenvalue weighted by Crippen LogP contribution is 2.19. The van der Waals surface area contributed by atoms with E-state index in [9.17, 15) is 13.2 Å². The second-order valence-corrected chi connectivity index (χ2v) is 4.39. The van der Waals surface area contributed by atoms with E-state index in [-0.39, 0.29) is 12.6 Å². The Morgan fingerprint density at radius 2 is 1.71 bits per heavy atom. The molecule has 17 heavy (non-hydrogen) atoms. The van der Waals surface area contributed by atoms with Crippen molar-refractivity contribution in [2.75, 3.05) is 13.1 Å². The highest BCUT2D eigenvalue weighted by Gasteiger charge is 2.16. The normalized spacial score (nSPS) is 13.1. The van der Waals surface area contributed by atoms with Crippen LogP contribution in [0.5, 0.6) is 0 Å². The quantitative estimate of drug-likeness (QED) is 0.783. The summed E-state index contributed by atoms with van der Waals surface area (Å²) in [5.74, 6) is -3.44. The van der Waals surface area contributed by atoms with Crippen molar-refractivity contribution in [2.24, 2.45) is 11.7 Å². The Morgan fingerprint density at radius 1 is 1.18 bits per heavy atom. The van der Waals surface area contributed by atoms with Gasteiger partial charge in [0.25, 0.3) is 0 Å². The van der Waals surface area contributed by atoms with Gasteiger partial charge in [-0.1, -0.05) is 13.8 Å². The lowest BCUT2D eigenvalue weighted by molar-refractivity contribution is 0.435. The van der Waals surface area contributed by atoms with Crippen LogP contribution in [0.3, 0.4) is 0 Å². The van der Waals surface area contributed by atoms with Gasteiger partial charge in [-0.05, 0) is 30.2 Å². The van der Waals surface area contributed by atoms with Crippen LogP contribution in [0.25, 0.3) is 0 Å². The van der Waals surface area contributed by atoms with Gasteiger partial charge in [0, 0.05) is 12.6 Å². The lowest BCUT2D eigenvalue weighted by Crippen LogP contribution is -2.31. The van der Waals surface area contributed by atoms with Crippen molar-refractivity contribution in [3.05, 3.63) is 35.1 Å². The van der Waals surface area contributed by atoms with Crippen molar-refractivity contribution < 1.29 is 13.2 Å². The van der Waals surface area contributed by atoms with Crippen molar-refractivity contribution in [2.45, 2.75) is 19.9 Å². The van der Waals surface area contributed by atoms with Gasteiger partial charge in [-0.3, -0.25) is 0 Å². The van der Waals surface area contributed by atoms with Crippen LogP contribution >= 0.6 is 0 Å². The molecule has 0 saturated carbocycles. The van der Waals surface area contributed by atoms with Crippen molar-refractivity contribution in [3.63, 3.8) is 0 Å². The molecule has 0 radical (unpaired) electrons. The lowest BCUT2D eigenvalue weighted by Gasteiger charge is -2.19. The van der Waals surface area contributed by atoms with E-state index >= 15 is 0 Å². The third kappa shape index (κ3) is 3.71. The maximum atomic E-state index is 13.1. The van der Waals surface area contributed by atoms with Gasteiger partial charge in [-0.25, -0.2) is 13.2 Å². The Labute approximate surface area is 99.0 Å². The average molecular weight is 246 g/mol. The van der Waals surface area contributed by atoms with Crippen molar-refractivity contribution >= 4 is 0 Å². The van der Waals surface area contributed by atoms with Gasteiger partial charge < -0.3 is 11.1 Å². The molecule has 1 atom stereocenters. The molecular formula is C12H17F3N2. The first-order chi connectivity index (χ1) is 7.95. The van der Waals surface area contributed by atoms with Gasteiger partial charge in [-0.15, -0.1) is 0 Å². The molecular weight excluding hydrogens is 229 g/mol. The minimum atomic E-state index is -1.45. The first kappa shape index (κ1) is 14.0. The summed E-state index contributed by atoms with van der Waals surface area (Å²) in [6, 6.07) is 1.58. The number of rotatable bonds is 5. The molecule has 0 aliphatic rings. The summed E-state index contributed by atoms with van der Waals surface area (Å²) in [5.41, 5.74) is 5.85. The Bertz CT molecular complexity index is 357. The first-order valence-electron chi connectivity index (χ1n) is 5.53. The molecule has 0 fully saturated rings. The smallest absolute Gasteiger partial charge is 0.194 e. The van der Waals surface area contributed by atoms with Crippen LogP contribution in [0.15, 0.2) is 12.1 Å². The molecule has 0 bridgehead atoms. The van der Waals surface area contributed by atoms with Gasteiger partial charge in [0.1, 0.15) is 0 Å². The maximum absolute atomic E-state index is 13.1. The Kier molecular flexibility index (Phi) is 4.96. The van der Waals surface area contributed by atoms with Gasteiger partial charge in [-0.2, -0.15) is 0 Å². The van der Waals surface area contributed by atoms with Crippen molar-refractivity contribution in [1.29, 1.82) is 0 Å². The molecule has 0 saturated heterocycles. The molecule has 1 aromatic carbocycles. The van der Waals surface area contributed by atoms with Crippen LogP contribution in [0.4, 0.5) is 13.2 Å². The second kappa shape index (κ2) is 6.02. The third-order valence-corrected chi connectivity index (χ3v) is 2.42. The van der Waals surface area contributed by atoms with Gasteiger partial charge in [0.05, 0.1) is 0 Å². The van der Waals surface area contributed by atoms with E-state index in [1.54, 1.807) is 0 Å². The molecule has 1 unspecified atom stereocenters. The van der Waals surface area contributed by atoms with Gasteiger partial charge in [0.15, 0.2) is 17.5 Å². The lowest BCUT2D eigenvalue weighted by atomic mass is 10.1. The molecule has 96 valence electrons. The number of benzene rings is 1. The zero-order chi connectivity index (χ0) is 13.0. The fourth-order valence-corrected chi connectivity index (χ4v) is 1.49. The van der Waals surface area contributed by atoms with Crippen LogP contribution in [0, 0.1) is 23.4 Å². The van der Waals surface area contributed by atoms with E-state index in [2.05, 4.69) is 5.32 Å². The molecule has 2 nitrogen and oxygen atoms in total. The number of hydrogen-bond acceptors (Lipinski definition) is 2. The van der Waals surface area contributed by atoms with Crippen molar-refractivity contribution in [1.82, 2.24) is 5.32 Å². The van der Waals surface area contributed by atoms with E-state index in [0.29, 0.717) is 18.0 Å². The minimum absolute atomic E-state index is 0.192. The Morgan fingerprint density at radius 3 is 2.12 bits per heavy atom. The molecule has 0 amide bonds. The zero-order valence-electron chi connectivity index (χ0n) is 9.93. The molecule has 0 aliphatic heterocycles. The van der Waals surface area contributed by atoms with E-state index < -0.39 is 17.5 Å². The molecule has 3 N–H and O–H groups in total. The third-order valence-electron chi connectivity index (χ3n) is 2.42. The predicted molar refractivity (Wildman–Crippen MR) is 61.0 cm³/mol. The number of hydrogen-bond donors (Lipinski definition) is 2. The molecule has 0 heterocycles. The van der Waals surface area contributed by atoms with E-state index in [0.717, 1.165) is 12.1 Å². The van der Waals surface area contributed by atoms with Crippen LogP contribution < -0.4 is 11.1 Å². The zero-order valence-corrected chi connectivity index (χ0v) is 9.93. The van der Waals surface area contributed by atoms with Crippen LogP contribution in [-0.2, 0) is 0 Å². The average Bonchev–Trinajstić information content (AvgIpc) is 2.26. The molecule has 5 heteroatoms. The Balaban J connectivity index is 2.88. The summed E-state index contributed by atoms with van der Waals surface area (Å²) in [6.07, 6.45) is 0. The number of nitrogens with one attached hydrogen (secondary N) is 1. The summed E-state index contributed by atoms with van der Waals surface area (Å²) in [7, 11) is 0. The maximum Gasteiger partial charge on any atom is 0.194 e. The Hall–Kier alpha value is -1.07. The largest absolute Gasteiger partial charge is 0.329 e. The monoisotopic (exact) mass is 246 g/mol. The fourth-order valence-electron chi connectivity index (χ4n) is 1.49. The van der Waals surface area contributed by atoms with Gasteiger partial charge >= 0.3 is 0 Å². The molecule has 0 aromatic heterocycles. The van der Waals surface area contributed by atoms with Crippen LogP contribution in [-0.4, -0.2) is 13.1 Å². The number of halogens is 3. The van der Waals surface area contributed by atoms with Gasteiger partial charge in [0.2, 0.25) is 0 Å². The van der Waals surface area contributed by atoms with E-state index in [1.807, 2.05) is 13.8 Å². The SMILES string of the molecule is CC(C)CNC(CN)c1cc(F)c(F)c(F)c1.